The van der Waals surface area contributed by atoms with Crippen molar-refractivity contribution in [3.63, 3.8) is 0 Å². The molecule has 1 aromatic rings. The van der Waals surface area contributed by atoms with Crippen LogP contribution in [0, 0.1) is 5.92 Å². The number of aromatic nitrogens is 2. The van der Waals surface area contributed by atoms with Crippen molar-refractivity contribution in [1.29, 1.82) is 0 Å². The lowest BCUT2D eigenvalue weighted by Gasteiger charge is -2.15. The molecule has 1 aliphatic carbocycles. The van der Waals surface area contributed by atoms with Gasteiger partial charge in [0.2, 0.25) is 0 Å². The normalized spacial score (nSPS) is 16.9. The molecule has 0 bridgehead atoms. The summed E-state index contributed by atoms with van der Waals surface area (Å²) in [5, 5.41) is 18.3. The van der Waals surface area contributed by atoms with Gasteiger partial charge in [-0.25, -0.2) is 9.59 Å². The predicted octanol–water partition coefficient (Wildman–Crippen LogP) is 1.04. The number of rotatable bonds is 5. The maximum atomic E-state index is 11.8. The Balaban J connectivity index is 1.87. The highest BCUT2D eigenvalue weighted by Crippen LogP contribution is 2.23. The van der Waals surface area contributed by atoms with Crippen LogP contribution in [0.15, 0.2) is 12.4 Å². The lowest BCUT2D eigenvalue weighted by atomic mass is 10.1. The minimum atomic E-state index is -1.10. The van der Waals surface area contributed by atoms with Gasteiger partial charge in [-0.1, -0.05) is 12.8 Å². The molecule has 7 heteroatoms. The van der Waals surface area contributed by atoms with Gasteiger partial charge in [0.05, 0.1) is 6.20 Å². The smallest absolute Gasteiger partial charge is 0.331 e. The molecule has 0 aliphatic heterocycles. The first-order chi connectivity index (χ1) is 9.56. The monoisotopic (exact) mass is 280 g/mol. The zero-order valence-electron chi connectivity index (χ0n) is 11.5. The molecule has 2 rings (SSSR count). The van der Waals surface area contributed by atoms with Gasteiger partial charge in [-0.2, -0.15) is 5.10 Å². The fourth-order valence-corrected chi connectivity index (χ4v) is 2.51. The summed E-state index contributed by atoms with van der Waals surface area (Å²) in [5.74, 6) is -0.587. The van der Waals surface area contributed by atoms with E-state index in [1.54, 1.807) is 13.2 Å². The van der Waals surface area contributed by atoms with Crippen molar-refractivity contribution in [2.24, 2.45) is 13.0 Å². The highest BCUT2D eigenvalue weighted by Gasteiger charge is 2.24. The molecular weight excluding hydrogens is 260 g/mol. The van der Waals surface area contributed by atoms with Crippen LogP contribution in [-0.4, -0.2) is 33.4 Å². The third kappa shape index (κ3) is 3.72. The fraction of sp³-hybridized carbons (Fsp3) is 0.615. The first-order valence-corrected chi connectivity index (χ1v) is 6.82. The summed E-state index contributed by atoms with van der Waals surface area (Å²) in [6.45, 7) is 0.602. The van der Waals surface area contributed by atoms with Gasteiger partial charge in [0.25, 0.3) is 0 Å². The zero-order chi connectivity index (χ0) is 14.5. The van der Waals surface area contributed by atoms with Crippen LogP contribution in [-0.2, 0) is 11.8 Å². The number of hydrogen-bond donors (Lipinski definition) is 3. The lowest BCUT2D eigenvalue weighted by molar-refractivity contribution is -0.139. The third-order valence-electron chi connectivity index (χ3n) is 3.61. The number of carbonyl (C=O) groups excluding carboxylic acids is 1. The second-order valence-corrected chi connectivity index (χ2v) is 5.22. The number of carboxylic acid groups (broad SMARTS) is 1. The number of aliphatic carboxylic acids is 1. The molecular formula is C13H20N4O3. The van der Waals surface area contributed by atoms with Crippen molar-refractivity contribution in [2.45, 2.75) is 31.7 Å². The summed E-state index contributed by atoms with van der Waals surface area (Å²) in [5.41, 5.74) is 0.455. The standard InChI is InChI=1S/C13H20N4O3/c1-17-8-10(7-15-17)11(12(18)19)16-13(20)14-6-9-4-2-3-5-9/h7-9,11H,2-6H2,1H3,(H,18,19)(H2,14,16,20). The second kappa shape index (κ2) is 6.40. The van der Waals surface area contributed by atoms with Crippen molar-refractivity contribution in [1.82, 2.24) is 20.4 Å². The molecule has 3 N–H and O–H groups in total. The van der Waals surface area contributed by atoms with Gasteiger partial charge >= 0.3 is 12.0 Å². The SMILES string of the molecule is Cn1cc(C(NC(=O)NCC2CCCC2)C(=O)O)cn1. The Morgan fingerprint density at radius 2 is 2.20 bits per heavy atom. The molecule has 7 nitrogen and oxygen atoms in total. The molecule has 20 heavy (non-hydrogen) atoms. The zero-order valence-corrected chi connectivity index (χ0v) is 11.5. The Morgan fingerprint density at radius 3 is 2.75 bits per heavy atom. The summed E-state index contributed by atoms with van der Waals surface area (Å²) < 4.78 is 1.50. The first-order valence-electron chi connectivity index (χ1n) is 6.82. The van der Waals surface area contributed by atoms with E-state index in [1.807, 2.05) is 0 Å². The van der Waals surface area contributed by atoms with Crippen LogP contribution in [0.5, 0.6) is 0 Å². The average Bonchev–Trinajstić information content (AvgIpc) is 3.04. The van der Waals surface area contributed by atoms with E-state index < -0.39 is 18.0 Å². The number of carboxylic acids is 1. The predicted molar refractivity (Wildman–Crippen MR) is 72.1 cm³/mol. The molecule has 1 aromatic heterocycles. The molecule has 2 amide bonds. The number of nitrogens with zero attached hydrogens (tertiary/aromatic N) is 2. The minimum Gasteiger partial charge on any atom is -0.479 e. The molecule has 110 valence electrons. The molecule has 0 spiro atoms. The van der Waals surface area contributed by atoms with E-state index in [2.05, 4.69) is 15.7 Å². The van der Waals surface area contributed by atoms with Crippen molar-refractivity contribution in [2.75, 3.05) is 6.54 Å². The third-order valence-corrected chi connectivity index (χ3v) is 3.61. The van der Waals surface area contributed by atoms with Crippen LogP contribution in [0.25, 0.3) is 0 Å². The molecule has 0 saturated heterocycles. The number of urea groups is 1. The summed E-state index contributed by atoms with van der Waals surface area (Å²) in [4.78, 5) is 23.0. The lowest BCUT2D eigenvalue weighted by Crippen LogP contribution is -2.42. The molecule has 1 fully saturated rings. The number of nitrogens with one attached hydrogen (secondary N) is 2. The Bertz CT molecular complexity index is 480. The van der Waals surface area contributed by atoms with E-state index >= 15 is 0 Å². The quantitative estimate of drug-likeness (QED) is 0.750. The Morgan fingerprint density at radius 1 is 1.50 bits per heavy atom. The van der Waals surface area contributed by atoms with Gasteiger partial charge in [0, 0.05) is 25.4 Å². The number of hydrogen-bond acceptors (Lipinski definition) is 3. The van der Waals surface area contributed by atoms with E-state index in [-0.39, 0.29) is 0 Å². The van der Waals surface area contributed by atoms with Crippen molar-refractivity contribution in [3.8, 4) is 0 Å². The van der Waals surface area contributed by atoms with Crippen LogP contribution in [0.2, 0.25) is 0 Å². The Kier molecular flexibility index (Phi) is 4.60. The number of carbonyl (C=O) groups is 2. The van der Waals surface area contributed by atoms with Crippen LogP contribution in [0.4, 0.5) is 4.79 Å². The minimum absolute atomic E-state index is 0.451. The summed E-state index contributed by atoms with van der Waals surface area (Å²) in [6, 6.07) is -1.53. The second-order valence-electron chi connectivity index (χ2n) is 5.22. The molecule has 1 unspecified atom stereocenters. The van der Waals surface area contributed by atoms with Crippen molar-refractivity contribution in [3.05, 3.63) is 18.0 Å². The van der Waals surface area contributed by atoms with E-state index in [9.17, 15) is 14.7 Å². The highest BCUT2D eigenvalue weighted by molar-refractivity contribution is 5.83. The molecule has 1 atom stereocenters. The van der Waals surface area contributed by atoms with Gasteiger partial charge < -0.3 is 15.7 Å². The maximum absolute atomic E-state index is 11.8. The van der Waals surface area contributed by atoms with Gasteiger partial charge in [-0.05, 0) is 18.8 Å². The van der Waals surface area contributed by atoms with E-state index in [0.717, 1.165) is 12.8 Å². The fourth-order valence-electron chi connectivity index (χ4n) is 2.51. The molecule has 1 heterocycles. The average molecular weight is 280 g/mol. The topological polar surface area (TPSA) is 96.2 Å². The molecule has 1 aliphatic rings. The van der Waals surface area contributed by atoms with E-state index in [1.165, 1.54) is 23.7 Å². The Hall–Kier alpha value is -2.05. The van der Waals surface area contributed by atoms with Gasteiger partial charge in [0.15, 0.2) is 6.04 Å². The highest BCUT2D eigenvalue weighted by atomic mass is 16.4. The summed E-state index contributed by atoms with van der Waals surface area (Å²) >= 11 is 0. The number of aryl methyl sites for hydroxylation is 1. The molecule has 1 saturated carbocycles. The van der Waals surface area contributed by atoms with E-state index in [0.29, 0.717) is 18.0 Å². The van der Waals surface area contributed by atoms with Crippen LogP contribution in [0.3, 0.4) is 0 Å². The van der Waals surface area contributed by atoms with Gasteiger partial charge in [-0.15, -0.1) is 0 Å². The van der Waals surface area contributed by atoms with Crippen LogP contribution in [0.1, 0.15) is 37.3 Å². The van der Waals surface area contributed by atoms with Gasteiger partial charge in [0.1, 0.15) is 0 Å². The summed E-state index contributed by atoms with van der Waals surface area (Å²) in [6.07, 6.45) is 7.70. The largest absolute Gasteiger partial charge is 0.479 e. The van der Waals surface area contributed by atoms with Crippen molar-refractivity contribution < 1.29 is 14.7 Å². The molecule has 0 aromatic carbocycles. The van der Waals surface area contributed by atoms with Crippen molar-refractivity contribution >= 4 is 12.0 Å². The maximum Gasteiger partial charge on any atom is 0.331 e. The Labute approximate surface area is 117 Å². The van der Waals surface area contributed by atoms with Crippen LogP contribution >= 0.6 is 0 Å². The van der Waals surface area contributed by atoms with Crippen LogP contribution < -0.4 is 10.6 Å². The molecule has 0 radical (unpaired) electrons. The van der Waals surface area contributed by atoms with Gasteiger partial charge in [-0.3, -0.25) is 4.68 Å². The summed E-state index contributed by atoms with van der Waals surface area (Å²) in [7, 11) is 1.70. The number of amides is 2. The first kappa shape index (κ1) is 14.4. The van der Waals surface area contributed by atoms with E-state index in [4.69, 9.17) is 0 Å².